The molecular weight excluding hydrogens is 492 g/mol. The Morgan fingerprint density at radius 3 is 2.57 bits per heavy atom. The average Bonchev–Trinajstić information content (AvgIpc) is 3.34. The lowest BCUT2D eigenvalue weighted by atomic mass is 10.0. The summed E-state index contributed by atoms with van der Waals surface area (Å²) in [6, 6.07) is 9.47. The van der Waals surface area contributed by atoms with Crippen molar-refractivity contribution in [1.29, 1.82) is 0 Å². The summed E-state index contributed by atoms with van der Waals surface area (Å²) in [5, 5.41) is 14.7. The Balaban J connectivity index is 1.48. The van der Waals surface area contributed by atoms with Crippen molar-refractivity contribution >= 4 is 16.7 Å². The molecule has 0 saturated carbocycles. The molecular formula is C25H22F4N6O2. The molecule has 0 spiro atoms. The highest BCUT2D eigenvalue weighted by molar-refractivity contribution is 5.95. The van der Waals surface area contributed by atoms with Crippen molar-refractivity contribution in [2.75, 3.05) is 6.54 Å². The lowest BCUT2D eigenvalue weighted by Crippen LogP contribution is -2.44. The number of carbonyl (C=O) groups is 1. The van der Waals surface area contributed by atoms with Gasteiger partial charge in [0.2, 0.25) is 5.82 Å². The number of rotatable bonds is 4. The molecule has 0 fully saturated rings. The molecule has 1 aliphatic rings. The van der Waals surface area contributed by atoms with E-state index in [-0.39, 0.29) is 36.3 Å². The molecule has 1 N–H and O–H groups in total. The summed E-state index contributed by atoms with van der Waals surface area (Å²) in [7, 11) is 0. The fraction of sp³-hybridized carbons (Fsp3) is 0.320. The second-order valence-electron chi connectivity index (χ2n) is 8.98. The second kappa shape index (κ2) is 9.09. The number of H-pyrrole nitrogens is 1. The van der Waals surface area contributed by atoms with Crippen LogP contribution < -0.4 is 5.56 Å². The highest BCUT2D eigenvalue weighted by atomic mass is 19.4. The molecule has 37 heavy (non-hydrogen) atoms. The van der Waals surface area contributed by atoms with Crippen LogP contribution in [0.3, 0.4) is 0 Å². The molecule has 2 aromatic carbocycles. The molecule has 1 amide bonds. The molecule has 192 valence electrons. The lowest BCUT2D eigenvalue weighted by Gasteiger charge is -2.38. The predicted octanol–water partition coefficient (Wildman–Crippen LogP) is 4.43. The molecule has 12 heteroatoms. The molecule has 2 aromatic heterocycles. The second-order valence-corrected chi connectivity index (χ2v) is 8.98. The Morgan fingerprint density at radius 1 is 1.14 bits per heavy atom. The van der Waals surface area contributed by atoms with Crippen LogP contribution in [0.2, 0.25) is 0 Å². The highest BCUT2D eigenvalue weighted by Gasteiger charge is 2.44. The molecule has 0 aliphatic carbocycles. The number of hydrogen-bond acceptors (Lipinski definition) is 5. The van der Waals surface area contributed by atoms with Gasteiger partial charge in [-0.1, -0.05) is 31.2 Å². The van der Waals surface area contributed by atoms with E-state index in [1.54, 1.807) is 38.1 Å². The molecule has 5 rings (SSSR count). The van der Waals surface area contributed by atoms with Gasteiger partial charge in [0.05, 0.1) is 28.7 Å². The minimum absolute atomic E-state index is 0.000697. The van der Waals surface area contributed by atoms with Gasteiger partial charge in [-0.2, -0.15) is 18.3 Å². The molecule has 8 nitrogen and oxygen atoms in total. The summed E-state index contributed by atoms with van der Waals surface area (Å²) in [6.45, 7) is 3.19. The van der Waals surface area contributed by atoms with E-state index in [0.29, 0.717) is 22.0 Å². The molecule has 2 atom stereocenters. The van der Waals surface area contributed by atoms with Crippen LogP contribution in [0.1, 0.15) is 65.6 Å². The number of nitrogens with one attached hydrogen (secondary N) is 1. The molecule has 0 bridgehead atoms. The quantitative estimate of drug-likeness (QED) is 0.407. The fourth-order valence-corrected chi connectivity index (χ4v) is 4.82. The predicted molar refractivity (Wildman–Crippen MR) is 125 cm³/mol. The van der Waals surface area contributed by atoms with E-state index >= 15 is 0 Å². The van der Waals surface area contributed by atoms with Crippen molar-refractivity contribution in [3.63, 3.8) is 0 Å². The van der Waals surface area contributed by atoms with E-state index in [4.69, 9.17) is 0 Å². The summed E-state index contributed by atoms with van der Waals surface area (Å²) in [5.74, 6) is -2.52. The number of halogens is 4. The maximum atomic E-state index is 14.9. The van der Waals surface area contributed by atoms with Gasteiger partial charge in [0.1, 0.15) is 5.82 Å². The van der Waals surface area contributed by atoms with Gasteiger partial charge in [-0.25, -0.2) is 9.49 Å². The van der Waals surface area contributed by atoms with Crippen LogP contribution >= 0.6 is 0 Å². The van der Waals surface area contributed by atoms with Crippen molar-refractivity contribution in [2.45, 2.75) is 44.9 Å². The number of benzene rings is 2. The fourth-order valence-electron chi connectivity index (χ4n) is 4.82. The van der Waals surface area contributed by atoms with Crippen LogP contribution in [0.25, 0.3) is 10.8 Å². The molecule has 0 saturated heterocycles. The Bertz CT molecular complexity index is 1560. The summed E-state index contributed by atoms with van der Waals surface area (Å²) in [5.41, 5.74) is 0.580. The van der Waals surface area contributed by atoms with Crippen molar-refractivity contribution in [3.05, 3.63) is 87.1 Å². The number of fused-ring (bicyclic) bond motifs is 2. The van der Waals surface area contributed by atoms with Gasteiger partial charge in [-0.3, -0.25) is 9.59 Å². The third-order valence-electron chi connectivity index (χ3n) is 6.73. The molecule has 3 heterocycles. The summed E-state index contributed by atoms with van der Waals surface area (Å²) in [6.07, 6.45) is -4.18. The average molecular weight is 514 g/mol. The van der Waals surface area contributed by atoms with Crippen molar-refractivity contribution in [1.82, 2.24) is 29.9 Å². The van der Waals surface area contributed by atoms with Crippen molar-refractivity contribution in [3.8, 4) is 0 Å². The first-order valence-corrected chi connectivity index (χ1v) is 11.7. The third-order valence-corrected chi connectivity index (χ3v) is 6.73. The lowest BCUT2D eigenvalue weighted by molar-refractivity contribution is -0.148. The van der Waals surface area contributed by atoms with Crippen molar-refractivity contribution < 1.29 is 22.4 Å². The van der Waals surface area contributed by atoms with E-state index in [9.17, 15) is 27.2 Å². The number of hydrogen-bond donors (Lipinski definition) is 1. The Hall–Kier alpha value is -4.09. The standard InChI is InChI=1S/C25H22F4N6O2/c1-3-15-12-34(13(2)21-31-33-24(35(15)21)25(27,28)29)23(37)18-10-14(8-9-19(18)26)11-20-16-6-4-5-7-17(16)22(36)32-30-20/h4-10,13,15H,3,11-12H2,1-2H3,(H,32,36). The molecule has 4 aromatic rings. The maximum absolute atomic E-state index is 14.9. The zero-order valence-corrected chi connectivity index (χ0v) is 19.9. The number of alkyl halides is 3. The minimum atomic E-state index is -4.69. The Labute approximate surface area is 207 Å². The van der Waals surface area contributed by atoms with Crippen LogP contribution in [-0.4, -0.2) is 42.3 Å². The zero-order valence-electron chi connectivity index (χ0n) is 19.9. The van der Waals surface area contributed by atoms with Crippen LogP contribution in [0.5, 0.6) is 0 Å². The number of aromatic nitrogens is 5. The SMILES string of the molecule is CCC1CN(C(=O)c2cc(Cc3n[nH]c(=O)c4ccccc34)ccc2F)C(C)c2nnc(C(F)(F)F)n21. The number of aromatic amines is 1. The Kier molecular flexibility index (Phi) is 6.04. The van der Waals surface area contributed by atoms with Gasteiger partial charge >= 0.3 is 6.18 Å². The van der Waals surface area contributed by atoms with E-state index < -0.39 is 35.8 Å². The van der Waals surface area contributed by atoms with E-state index in [2.05, 4.69) is 20.4 Å². The van der Waals surface area contributed by atoms with Crippen LogP contribution in [0, 0.1) is 5.82 Å². The van der Waals surface area contributed by atoms with Gasteiger partial charge in [0.25, 0.3) is 11.5 Å². The van der Waals surface area contributed by atoms with E-state index in [1.165, 1.54) is 23.1 Å². The topological polar surface area (TPSA) is 96.8 Å². The smallest absolute Gasteiger partial charge is 0.326 e. The van der Waals surface area contributed by atoms with Crippen LogP contribution in [0.15, 0.2) is 47.3 Å². The molecule has 2 unspecified atom stereocenters. The Morgan fingerprint density at radius 2 is 1.86 bits per heavy atom. The van der Waals surface area contributed by atoms with Gasteiger partial charge in [-0.15, -0.1) is 10.2 Å². The largest absolute Gasteiger partial charge is 0.451 e. The summed E-state index contributed by atoms with van der Waals surface area (Å²) >= 11 is 0. The first-order valence-electron chi connectivity index (χ1n) is 11.7. The first-order chi connectivity index (χ1) is 17.6. The molecule has 0 radical (unpaired) electrons. The van der Waals surface area contributed by atoms with Gasteiger partial charge in [-0.05, 0) is 37.1 Å². The van der Waals surface area contributed by atoms with E-state index in [1.807, 2.05) is 0 Å². The van der Waals surface area contributed by atoms with Gasteiger partial charge in [0, 0.05) is 18.4 Å². The summed E-state index contributed by atoms with van der Waals surface area (Å²) < 4.78 is 56.4. The first kappa shape index (κ1) is 24.6. The summed E-state index contributed by atoms with van der Waals surface area (Å²) in [4.78, 5) is 26.9. The third kappa shape index (κ3) is 4.25. The minimum Gasteiger partial charge on any atom is -0.326 e. The monoisotopic (exact) mass is 514 g/mol. The number of nitrogens with zero attached hydrogens (tertiary/aromatic N) is 5. The highest BCUT2D eigenvalue weighted by Crippen LogP contribution is 2.38. The zero-order chi connectivity index (χ0) is 26.5. The molecule has 1 aliphatic heterocycles. The van der Waals surface area contributed by atoms with Crippen LogP contribution in [-0.2, 0) is 12.6 Å². The number of carbonyl (C=O) groups excluding carboxylic acids is 1. The van der Waals surface area contributed by atoms with Gasteiger partial charge in [0.15, 0.2) is 5.82 Å². The number of amides is 1. The maximum Gasteiger partial charge on any atom is 0.451 e. The normalized spacial score (nSPS) is 17.7. The van der Waals surface area contributed by atoms with Crippen LogP contribution in [0.4, 0.5) is 17.6 Å². The van der Waals surface area contributed by atoms with E-state index in [0.717, 1.165) is 4.57 Å². The van der Waals surface area contributed by atoms with Gasteiger partial charge < -0.3 is 9.47 Å². The van der Waals surface area contributed by atoms with Crippen molar-refractivity contribution in [2.24, 2.45) is 0 Å².